The van der Waals surface area contributed by atoms with Gasteiger partial charge in [0.2, 0.25) is 0 Å². The Hall–Kier alpha value is -2.37. The zero-order chi connectivity index (χ0) is 11.4. The molecule has 0 fully saturated rings. The first-order valence-corrected chi connectivity index (χ1v) is 3.95. The maximum absolute atomic E-state index is 10.6. The number of hydrogen-bond acceptors (Lipinski definition) is 4. The van der Waals surface area contributed by atoms with Gasteiger partial charge in [0.05, 0.1) is 10.5 Å². The van der Waals surface area contributed by atoms with Crippen LogP contribution >= 0.6 is 0 Å². The summed E-state index contributed by atoms with van der Waals surface area (Å²) in [4.78, 5) is 20.2. The molecule has 1 aromatic rings. The highest BCUT2D eigenvalue weighted by Gasteiger charge is 2.11. The summed E-state index contributed by atoms with van der Waals surface area (Å²) in [6.07, 6.45) is 1.98. The van der Waals surface area contributed by atoms with E-state index in [1.54, 1.807) is 0 Å². The van der Waals surface area contributed by atoms with Crippen LogP contribution in [-0.2, 0) is 4.79 Å². The summed E-state index contributed by atoms with van der Waals surface area (Å²) in [5.41, 5.74) is 5.62. The van der Waals surface area contributed by atoms with E-state index in [1.807, 2.05) is 0 Å². The minimum atomic E-state index is -1.17. The van der Waals surface area contributed by atoms with Crippen LogP contribution in [0.4, 0.5) is 11.4 Å². The Labute approximate surface area is 84.8 Å². The van der Waals surface area contributed by atoms with Crippen molar-refractivity contribution in [2.75, 3.05) is 5.73 Å². The fraction of sp³-hybridized carbons (Fsp3) is 0. The lowest BCUT2D eigenvalue weighted by atomic mass is 10.1. The van der Waals surface area contributed by atoms with Gasteiger partial charge < -0.3 is 10.8 Å². The number of carboxylic acids is 1. The Balaban J connectivity index is 3.17. The van der Waals surface area contributed by atoms with Crippen molar-refractivity contribution in [2.24, 2.45) is 0 Å². The van der Waals surface area contributed by atoms with Crippen LogP contribution in [-0.4, -0.2) is 16.0 Å². The first-order chi connectivity index (χ1) is 7.00. The summed E-state index contributed by atoms with van der Waals surface area (Å²) in [5.74, 6) is -1.17. The average Bonchev–Trinajstić information content (AvgIpc) is 2.15. The minimum absolute atomic E-state index is 0.205. The number of carbonyl (C=O) groups is 1. The molecule has 0 aliphatic carbocycles. The summed E-state index contributed by atoms with van der Waals surface area (Å²) < 4.78 is 0. The number of nitro groups is 1. The van der Waals surface area contributed by atoms with Gasteiger partial charge in [-0.15, -0.1) is 0 Å². The van der Waals surface area contributed by atoms with Gasteiger partial charge in [0.1, 0.15) is 0 Å². The standard InChI is InChI=1S/C9H8N2O4/c10-7-3-1-6(2-4-9(12)13)8(5-7)11(14)15/h1-5H,10H2,(H,12,13). The Bertz CT molecular complexity index is 440. The zero-order valence-corrected chi connectivity index (χ0v) is 7.58. The Morgan fingerprint density at radius 2 is 2.20 bits per heavy atom. The molecule has 0 saturated carbocycles. The fourth-order valence-corrected chi connectivity index (χ4v) is 1.02. The Morgan fingerprint density at radius 1 is 1.53 bits per heavy atom. The van der Waals surface area contributed by atoms with Gasteiger partial charge >= 0.3 is 5.97 Å². The van der Waals surface area contributed by atoms with Crippen molar-refractivity contribution < 1.29 is 14.8 Å². The fourth-order valence-electron chi connectivity index (χ4n) is 1.02. The third kappa shape index (κ3) is 2.80. The van der Waals surface area contributed by atoms with Crippen LogP contribution < -0.4 is 5.73 Å². The van der Waals surface area contributed by atoms with Gasteiger partial charge in [-0.05, 0) is 18.2 Å². The van der Waals surface area contributed by atoms with Crippen molar-refractivity contribution in [1.82, 2.24) is 0 Å². The second-order valence-electron chi connectivity index (χ2n) is 2.75. The maximum Gasteiger partial charge on any atom is 0.328 e. The van der Waals surface area contributed by atoms with Crippen molar-refractivity contribution in [3.8, 4) is 0 Å². The summed E-state index contributed by atoms with van der Waals surface area (Å²) in [5, 5.41) is 19.0. The van der Waals surface area contributed by atoms with E-state index >= 15 is 0 Å². The number of nitro benzene ring substituents is 1. The number of hydrogen-bond donors (Lipinski definition) is 2. The number of aliphatic carboxylic acids is 1. The lowest BCUT2D eigenvalue weighted by molar-refractivity contribution is -0.385. The molecule has 0 spiro atoms. The zero-order valence-electron chi connectivity index (χ0n) is 7.58. The van der Waals surface area contributed by atoms with E-state index in [9.17, 15) is 14.9 Å². The second kappa shape index (κ2) is 4.23. The number of rotatable bonds is 3. The Morgan fingerprint density at radius 3 is 2.73 bits per heavy atom. The number of nitrogen functional groups attached to an aromatic ring is 1. The molecule has 0 heterocycles. The van der Waals surface area contributed by atoms with Gasteiger partial charge in [0.25, 0.3) is 5.69 Å². The summed E-state index contributed by atoms with van der Waals surface area (Å²) in [7, 11) is 0. The highest BCUT2D eigenvalue weighted by atomic mass is 16.6. The summed E-state index contributed by atoms with van der Waals surface area (Å²) in [6, 6.07) is 4.04. The molecule has 0 unspecified atom stereocenters. The van der Waals surface area contributed by atoms with Gasteiger partial charge in [0.15, 0.2) is 0 Å². The summed E-state index contributed by atoms with van der Waals surface area (Å²) in [6.45, 7) is 0. The van der Waals surface area contributed by atoms with Crippen LogP contribution in [0.15, 0.2) is 24.3 Å². The third-order valence-corrected chi connectivity index (χ3v) is 1.66. The molecule has 78 valence electrons. The van der Waals surface area contributed by atoms with E-state index in [2.05, 4.69) is 0 Å². The molecular formula is C9H8N2O4. The second-order valence-corrected chi connectivity index (χ2v) is 2.75. The number of benzene rings is 1. The van der Waals surface area contributed by atoms with E-state index in [0.29, 0.717) is 0 Å². The van der Waals surface area contributed by atoms with Crippen LogP contribution in [0.1, 0.15) is 5.56 Å². The highest BCUT2D eigenvalue weighted by molar-refractivity contribution is 5.86. The number of nitrogens with two attached hydrogens (primary N) is 1. The van der Waals surface area contributed by atoms with Crippen molar-refractivity contribution in [3.05, 3.63) is 40.0 Å². The molecule has 1 aromatic carbocycles. The van der Waals surface area contributed by atoms with Crippen LogP contribution in [0, 0.1) is 10.1 Å². The molecule has 6 nitrogen and oxygen atoms in total. The van der Waals surface area contributed by atoms with E-state index in [4.69, 9.17) is 10.8 Å². The first-order valence-electron chi connectivity index (χ1n) is 3.95. The number of carboxylic acid groups (broad SMARTS) is 1. The normalized spacial score (nSPS) is 10.4. The van der Waals surface area contributed by atoms with Crippen LogP contribution in [0.5, 0.6) is 0 Å². The minimum Gasteiger partial charge on any atom is -0.478 e. The van der Waals surface area contributed by atoms with E-state index in [-0.39, 0.29) is 16.9 Å². The molecule has 0 saturated heterocycles. The predicted octanol–water partition coefficient (Wildman–Crippen LogP) is 1.27. The molecule has 1 rings (SSSR count). The molecule has 0 radical (unpaired) electrons. The number of anilines is 1. The average molecular weight is 208 g/mol. The van der Waals surface area contributed by atoms with Crippen molar-refractivity contribution in [1.29, 1.82) is 0 Å². The van der Waals surface area contributed by atoms with E-state index in [0.717, 1.165) is 12.2 Å². The number of nitrogens with zero attached hydrogens (tertiary/aromatic N) is 1. The van der Waals surface area contributed by atoms with Crippen molar-refractivity contribution in [3.63, 3.8) is 0 Å². The van der Waals surface area contributed by atoms with Gasteiger partial charge in [0, 0.05) is 17.8 Å². The van der Waals surface area contributed by atoms with Crippen LogP contribution in [0.3, 0.4) is 0 Å². The van der Waals surface area contributed by atoms with Crippen LogP contribution in [0.2, 0.25) is 0 Å². The summed E-state index contributed by atoms with van der Waals surface area (Å²) >= 11 is 0. The molecule has 0 aliphatic heterocycles. The quantitative estimate of drug-likeness (QED) is 0.336. The smallest absolute Gasteiger partial charge is 0.328 e. The topological polar surface area (TPSA) is 106 Å². The molecular weight excluding hydrogens is 200 g/mol. The lowest BCUT2D eigenvalue weighted by Crippen LogP contribution is -1.94. The van der Waals surface area contributed by atoms with Crippen molar-refractivity contribution >= 4 is 23.4 Å². The first kappa shape index (κ1) is 10.7. The van der Waals surface area contributed by atoms with Gasteiger partial charge in [-0.1, -0.05) is 0 Å². The maximum atomic E-state index is 10.6. The van der Waals surface area contributed by atoms with Gasteiger partial charge in [-0.3, -0.25) is 10.1 Å². The molecule has 6 heteroatoms. The molecule has 15 heavy (non-hydrogen) atoms. The molecule has 3 N–H and O–H groups in total. The Kier molecular flexibility index (Phi) is 3.02. The highest BCUT2D eigenvalue weighted by Crippen LogP contribution is 2.22. The van der Waals surface area contributed by atoms with E-state index < -0.39 is 10.9 Å². The molecule has 0 aromatic heterocycles. The predicted molar refractivity (Wildman–Crippen MR) is 54.2 cm³/mol. The van der Waals surface area contributed by atoms with E-state index in [1.165, 1.54) is 18.2 Å². The monoisotopic (exact) mass is 208 g/mol. The largest absolute Gasteiger partial charge is 0.478 e. The third-order valence-electron chi connectivity index (χ3n) is 1.66. The van der Waals surface area contributed by atoms with Gasteiger partial charge in [-0.2, -0.15) is 0 Å². The van der Waals surface area contributed by atoms with Gasteiger partial charge in [-0.25, -0.2) is 4.79 Å². The SMILES string of the molecule is Nc1ccc(C=CC(=O)O)c([N+](=O)[O-])c1. The molecule has 0 atom stereocenters. The molecule has 0 amide bonds. The van der Waals surface area contributed by atoms with Crippen LogP contribution in [0.25, 0.3) is 6.08 Å². The van der Waals surface area contributed by atoms with Crippen molar-refractivity contribution in [2.45, 2.75) is 0 Å². The molecule has 0 aliphatic rings. The molecule has 0 bridgehead atoms. The lowest BCUT2D eigenvalue weighted by Gasteiger charge is -1.98.